The summed E-state index contributed by atoms with van der Waals surface area (Å²) >= 11 is 0. The fraction of sp³-hybridized carbons (Fsp3) is 0.407. The summed E-state index contributed by atoms with van der Waals surface area (Å²) < 4.78 is 12.5. The molecule has 8 heteroatoms. The van der Waals surface area contributed by atoms with Crippen LogP contribution in [0.25, 0.3) is 0 Å². The molecule has 0 atom stereocenters. The molecule has 0 amide bonds. The smallest absolute Gasteiger partial charge is 0.229 e. The fourth-order valence-corrected chi connectivity index (χ4v) is 4.66. The zero-order chi connectivity index (χ0) is 23.9. The molecule has 5 rings (SSSR count). The second kappa shape index (κ2) is 11.3. The summed E-state index contributed by atoms with van der Waals surface area (Å²) in [5.74, 6) is 2.86. The van der Waals surface area contributed by atoms with Crippen molar-refractivity contribution in [3.8, 4) is 11.5 Å². The molecule has 1 aromatic heterocycles. The van der Waals surface area contributed by atoms with Gasteiger partial charge in [-0.05, 0) is 50.0 Å². The van der Waals surface area contributed by atoms with Gasteiger partial charge < -0.3 is 29.9 Å². The second-order valence-corrected chi connectivity index (χ2v) is 8.97. The highest BCUT2D eigenvalue weighted by Crippen LogP contribution is 2.44. The summed E-state index contributed by atoms with van der Waals surface area (Å²) in [6.45, 7) is 6.39. The quantitative estimate of drug-likeness (QED) is 0.415. The number of hydrogen-bond donors (Lipinski definition) is 2. The molecule has 3 aromatic rings. The van der Waals surface area contributed by atoms with E-state index in [1.54, 1.807) is 6.20 Å². The predicted octanol–water partition coefficient (Wildman–Crippen LogP) is 4.53. The van der Waals surface area contributed by atoms with Crippen molar-refractivity contribution in [1.29, 1.82) is 0 Å². The number of benzene rings is 2. The Hall–Kier alpha value is -3.52. The van der Waals surface area contributed by atoms with Gasteiger partial charge in [0.05, 0.1) is 18.8 Å². The number of aromatic nitrogens is 2. The summed E-state index contributed by atoms with van der Waals surface area (Å²) in [7, 11) is 1.85. The third kappa shape index (κ3) is 5.95. The van der Waals surface area contributed by atoms with Crippen molar-refractivity contribution in [3.63, 3.8) is 0 Å². The first-order valence-corrected chi connectivity index (χ1v) is 12.5. The number of fused-ring (bicyclic) bond motifs is 1. The molecule has 0 radical (unpaired) electrons. The lowest BCUT2D eigenvalue weighted by molar-refractivity contribution is 0.241. The van der Waals surface area contributed by atoms with Crippen LogP contribution in [-0.4, -0.2) is 61.3 Å². The lowest BCUT2D eigenvalue weighted by atomic mass is 10.1. The van der Waals surface area contributed by atoms with Crippen molar-refractivity contribution in [2.24, 2.45) is 0 Å². The van der Waals surface area contributed by atoms with Crippen molar-refractivity contribution >= 4 is 23.1 Å². The average molecular weight is 475 g/mol. The number of rotatable bonds is 10. The number of hydrogen-bond acceptors (Lipinski definition) is 8. The van der Waals surface area contributed by atoms with Crippen LogP contribution >= 0.6 is 0 Å². The molecule has 0 spiro atoms. The molecule has 2 aliphatic heterocycles. The van der Waals surface area contributed by atoms with E-state index in [-0.39, 0.29) is 0 Å². The van der Waals surface area contributed by atoms with E-state index in [9.17, 15) is 0 Å². The highest BCUT2D eigenvalue weighted by atomic mass is 16.5. The second-order valence-electron chi connectivity index (χ2n) is 8.97. The number of likely N-dealkylation sites (tertiary alicyclic amines) is 1. The van der Waals surface area contributed by atoms with Crippen LogP contribution in [0.1, 0.15) is 24.8 Å². The van der Waals surface area contributed by atoms with Crippen molar-refractivity contribution < 1.29 is 9.47 Å². The molecule has 3 heterocycles. The number of nitrogens with one attached hydrogen (secondary N) is 2. The average Bonchev–Trinajstić information content (AvgIpc) is 3.41. The number of anilines is 4. The maximum atomic E-state index is 6.31. The van der Waals surface area contributed by atoms with Crippen LogP contribution in [0.5, 0.6) is 11.5 Å². The molecule has 1 fully saturated rings. The minimum atomic E-state index is 0.531. The molecule has 35 heavy (non-hydrogen) atoms. The Kier molecular flexibility index (Phi) is 7.48. The third-order valence-electron chi connectivity index (χ3n) is 6.44. The summed E-state index contributed by atoms with van der Waals surface area (Å²) in [6.07, 6.45) is 5.35. The summed E-state index contributed by atoms with van der Waals surface area (Å²) in [5, 5.41) is 6.41. The van der Waals surface area contributed by atoms with Gasteiger partial charge in [0.1, 0.15) is 12.4 Å². The largest absolute Gasteiger partial charge is 0.489 e. The standard InChI is InChI=1S/C27H34N6O2/c1-28-25-10-11-29-27(31-25)30-22-18-23-26(24(19-22)34-16-7-14-32-12-5-6-13-32)35-17-15-33(23)20-21-8-3-2-4-9-21/h2-4,8-11,18-19H,5-7,12-17,20H2,1H3,(H2,28,29,30,31). The highest BCUT2D eigenvalue weighted by Gasteiger charge is 2.24. The molecule has 2 aromatic carbocycles. The molecule has 2 N–H and O–H groups in total. The lowest BCUT2D eigenvalue weighted by Crippen LogP contribution is -2.32. The number of nitrogens with zero attached hydrogens (tertiary/aromatic N) is 4. The minimum Gasteiger partial charge on any atom is -0.489 e. The predicted molar refractivity (Wildman–Crippen MR) is 140 cm³/mol. The molecule has 1 saturated heterocycles. The van der Waals surface area contributed by atoms with E-state index < -0.39 is 0 Å². The summed E-state index contributed by atoms with van der Waals surface area (Å²) in [6, 6.07) is 16.5. The molecular weight excluding hydrogens is 440 g/mol. The van der Waals surface area contributed by atoms with E-state index in [1.807, 2.05) is 25.2 Å². The van der Waals surface area contributed by atoms with Gasteiger partial charge in [0.25, 0.3) is 0 Å². The normalized spacial score (nSPS) is 15.4. The van der Waals surface area contributed by atoms with Gasteiger partial charge in [-0.2, -0.15) is 4.98 Å². The summed E-state index contributed by atoms with van der Waals surface area (Å²) in [4.78, 5) is 13.8. The van der Waals surface area contributed by atoms with Crippen LogP contribution in [0.3, 0.4) is 0 Å². The molecule has 0 saturated carbocycles. The molecule has 0 unspecified atom stereocenters. The Morgan fingerprint density at radius 1 is 1.06 bits per heavy atom. The van der Waals surface area contributed by atoms with E-state index in [4.69, 9.17) is 9.47 Å². The van der Waals surface area contributed by atoms with Crippen LogP contribution in [0.4, 0.5) is 23.1 Å². The van der Waals surface area contributed by atoms with Gasteiger partial charge in [-0.15, -0.1) is 0 Å². The maximum absolute atomic E-state index is 6.31. The van der Waals surface area contributed by atoms with Crippen LogP contribution < -0.4 is 25.0 Å². The van der Waals surface area contributed by atoms with Gasteiger partial charge in [0.15, 0.2) is 11.5 Å². The molecular formula is C27H34N6O2. The molecule has 8 nitrogen and oxygen atoms in total. The van der Waals surface area contributed by atoms with Gasteiger partial charge >= 0.3 is 0 Å². The lowest BCUT2D eigenvalue weighted by Gasteiger charge is -2.33. The topological polar surface area (TPSA) is 74.8 Å². The van der Waals surface area contributed by atoms with E-state index >= 15 is 0 Å². The van der Waals surface area contributed by atoms with Crippen molar-refractivity contribution in [1.82, 2.24) is 14.9 Å². The zero-order valence-electron chi connectivity index (χ0n) is 20.4. The molecule has 0 bridgehead atoms. The van der Waals surface area contributed by atoms with Gasteiger partial charge in [-0.25, -0.2) is 4.98 Å². The SMILES string of the molecule is CNc1ccnc(Nc2cc(OCCCN3CCCC3)c3c(c2)N(Cc2ccccc2)CCO3)n1. The monoisotopic (exact) mass is 474 g/mol. The molecule has 184 valence electrons. The Morgan fingerprint density at radius 2 is 1.91 bits per heavy atom. The van der Waals surface area contributed by atoms with Crippen molar-refractivity contribution in [3.05, 3.63) is 60.3 Å². The first kappa shape index (κ1) is 23.2. The Balaban J connectivity index is 1.38. The van der Waals surface area contributed by atoms with E-state index in [2.05, 4.69) is 60.7 Å². The first-order chi connectivity index (χ1) is 17.3. The van der Waals surface area contributed by atoms with Crippen LogP contribution in [0.15, 0.2) is 54.7 Å². The van der Waals surface area contributed by atoms with Gasteiger partial charge in [0, 0.05) is 38.1 Å². The van der Waals surface area contributed by atoms with Gasteiger partial charge in [0.2, 0.25) is 5.95 Å². The van der Waals surface area contributed by atoms with Crippen LogP contribution in [0.2, 0.25) is 0 Å². The highest BCUT2D eigenvalue weighted by molar-refractivity contribution is 5.74. The van der Waals surface area contributed by atoms with Crippen LogP contribution in [0, 0.1) is 0 Å². The van der Waals surface area contributed by atoms with Gasteiger partial charge in [-0.1, -0.05) is 30.3 Å². The third-order valence-corrected chi connectivity index (χ3v) is 6.44. The maximum Gasteiger partial charge on any atom is 0.229 e. The minimum absolute atomic E-state index is 0.531. The van der Waals surface area contributed by atoms with Crippen molar-refractivity contribution in [2.75, 3.05) is 62.0 Å². The van der Waals surface area contributed by atoms with Crippen LogP contribution in [-0.2, 0) is 6.54 Å². The van der Waals surface area contributed by atoms with Crippen molar-refractivity contribution in [2.45, 2.75) is 25.8 Å². The Labute approximate surface area is 207 Å². The summed E-state index contributed by atoms with van der Waals surface area (Å²) in [5.41, 5.74) is 3.15. The van der Waals surface area contributed by atoms with E-state index in [1.165, 1.54) is 31.5 Å². The first-order valence-electron chi connectivity index (χ1n) is 12.5. The Bertz CT molecular complexity index is 1100. The Morgan fingerprint density at radius 3 is 2.74 bits per heavy atom. The van der Waals surface area contributed by atoms with E-state index in [0.717, 1.165) is 54.7 Å². The zero-order valence-corrected chi connectivity index (χ0v) is 20.4. The fourth-order valence-electron chi connectivity index (χ4n) is 4.66. The molecule has 0 aliphatic carbocycles. The molecule has 2 aliphatic rings. The number of ether oxygens (including phenoxy) is 2. The van der Waals surface area contributed by atoms with Gasteiger partial charge in [-0.3, -0.25) is 0 Å². The van der Waals surface area contributed by atoms with E-state index in [0.29, 0.717) is 19.2 Å².